The van der Waals surface area contributed by atoms with Crippen LogP contribution in [0.15, 0.2) is 10.8 Å². The quantitative estimate of drug-likeness (QED) is 0.796. The largest absolute Gasteiger partial charge is 0.388 e. The molecule has 1 fully saturated rings. The zero-order valence-electron chi connectivity index (χ0n) is 10.5. The van der Waals surface area contributed by atoms with Crippen molar-refractivity contribution in [3.05, 3.63) is 10.8 Å². The lowest BCUT2D eigenvalue weighted by molar-refractivity contribution is 0.00493. The number of nitrogens with two attached hydrogens (primary N) is 1. The highest BCUT2D eigenvalue weighted by Gasteiger charge is 2.31. The molecule has 4 N–H and O–H groups in total. The fourth-order valence-electron chi connectivity index (χ4n) is 2.23. The minimum absolute atomic E-state index is 0.400. The second kappa shape index (κ2) is 5.40. The van der Waals surface area contributed by atoms with Gasteiger partial charge in [-0.25, -0.2) is 9.97 Å². The predicted molar refractivity (Wildman–Crippen MR) is 75.2 cm³/mol. The van der Waals surface area contributed by atoms with Crippen LogP contribution in [0.4, 0.5) is 11.6 Å². The van der Waals surface area contributed by atoms with E-state index >= 15 is 0 Å². The molecule has 6 heteroatoms. The van der Waals surface area contributed by atoms with Crippen molar-refractivity contribution in [3.8, 4) is 0 Å². The minimum atomic E-state index is -0.633. The summed E-state index contributed by atoms with van der Waals surface area (Å²) in [5.41, 5.74) is 5.05. The minimum Gasteiger partial charge on any atom is -0.388 e. The van der Waals surface area contributed by atoms with Crippen molar-refractivity contribution in [1.82, 2.24) is 9.97 Å². The van der Waals surface area contributed by atoms with Gasteiger partial charge in [0.1, 0.15) is 22.4 Å². The number of anilines is 2. The van der Waals surface area contributed by atoms with Gasteiger partial charge in [0.25, 0.3) is 0 Å². The van der Waals surface area contributed by atoms with Crippen LogP contribution < -0.4 is 11.1 Å². The molecule has 0 aliphatic heterocycles. The Hall–Kier alpha value is -0.880. The lowest BCUT2D eigenvalue weighted by atomic mass is 9.79. The predicted octanol–water partition coefficient (Wildman–Crippen LogP) is 2.17. The molecular formula is C12H19BrN4O. The van der Waals surface area contributed by atoms with Gasteiger partial charge in [0.2, 0.25) is 0 Å². The lowest BCUT2D eigenvalue weighted by Crippen LogP contribution is -2.40. The summed E-state index contributed by atoms with van der Waals surface area (Å²) in [6.07, 6.45) is 5.23. The monoisotopic (exact) mass is 314 g/mol. The fraction of sp³-hybridized carbons (Fsp3) is 0.667. The lowest BCUT2D eigenvalue weighted by Gasteiger charge is -2.35. The van der Waals surface area contributed by atoms with Crippen molar-refractivity contribution in [3.63, 3.8) is 0 Å². The molecule has 1 aliphatic carbocycles. The van der Waals surface area contributed by atoms with Crippen LogP contribution in [0.2, 0.25) is 0 Å². The molecule has 2 rings (SSSR count). The molecule has 18 heavy (non-hydrogen) atoms. The number of aliphatic hydroxyl groups is 1. The van der Waals surface area contributed by atoms with Crippen molar-refractivity contribution in [2.45, 2.75) is 38.2 Å². The second-order valence-electron chi connectivity index (χ2n) is 5.18. The molecule has 1 aromatic heterocycles. The molecule has 0 radical (unpaired) electrons. The summed E-state index contributed by atoms with van der Waals surface area (Å²) in [5.74, 6) is 1.75. The highest BCUT2D eigenvalue weighted by molar-refractivity contribution is 9.10. The van der Waals surface area contributed by atoms with E-state index in [1.165, 1.54) is 6.33 Å². The third-order valence-corrected chi connectivity index (χ3v) is 4.39. The van der Waals surface area contributed by atoms with Crippen molar-refractivity contribution in [1.29, 1.82) is 0 Å². The van der Waals surface area contributed by atoms with E-state index in [0.29, 0.717) is 28.6 Å². The van der Waals surface area contributed by atoms with Crippen LogP contribution in [0.5, 0.6) is 0 Å². The van der Waals surface area contributed by atoms with E-state index in [0.717, 1.165) is 25.7 Å². The normalized spacial score (nSPS) is 28.1. The molecule has 0 saturated heterocycles. The highest BCUT2D eigenvalue weighted by atomic mass is 79.9. The van der Waals surface area contributed by atoms with Crippen molar-refractivity contribution < 1.29 is 5.11 Å². The molecule has 0 amide bonds. The fourth-order valence-corrected chi connectivity index (χ4v) is 2.58. The second-order valence-corrected chi connectivity index (χ2v) is 5.97. The molecule has 0 aromatic carbocycles. The van der Waals surface area contributed by atoms with Gasteiger partial charge in [0.05, 0.1) is 5.60 Å². The first kappa shape index (κ1) is 13.5. The SMILES string of the molecule is CC1CCC(O)(CNc2ncnc(N)c2Br)CC1. The molecule has 0 bridgehead atoms. The first-order chi connectivity index (χ1) is 8.50. The van der Waals surface area contributed by atoms with E-state index in [9.17, 15) is 5.11 Å². The maximum atomic E-state index is 10.5. The summed E-state index contributed by atoms with van der Waals surface area (Å²) in [7, 11) is 0. The molecular weight excluding hydrogens is 296 g/mol. The van der Waals surface area contributed by atoms with Crippen molar-refractivity contribution in [2.75, 3.05) is 17.6 Å². The number of hydrogen-bond acceptors (Lipinski definition) is 5. The first-order valence-corrected chi connectivity index (χ1v) is 7.02. The number of nitrogens with one attached hydrogen (secondary N) is 1. The van der Waals surface area contributed by atoms with Crippen LogP contribution in [0.3, 0.4) is 0 Å². The van der Waals surface area contributed by atoms with Gasteiger partial charge in [0, 0.05) is 6.54 Å². The summed E-state index contributed by atoms with van der Waals surface area (Å²) in [5, 5.41) is 13.6. The molecule has 1 saturated carbocycles. The van der Waals surface area contributed by atoms with E-state index in [2.05, 4.69) is 38.1 Å². The van der Waals surface area contributed by atoms with Crippen LogP contribution in [-0.4, -0.2) is 27.2 Å². The van der Waals surface area contributed by atoms with E-state index in [1.54, 1.807) is 0 Å². The Balaban J connectivity index is 1.97. The molecule has 0 unspecified atom stereocenters. The molecule has 5 nitrogen and oxygen atoms in total. The molecule has 1 heterocycles. The molecule has 100 valence electrons. The van der Waals surface area contributed by atoms with E-state index < -0.39 is 5.60 Å². The van der Waals surface area contributed by atoms with Gasteiger partial charge in [-0.1, -0.05) is 6.92 Å². The van der Waals surface area contributed by atoms with Crippen LogP contribution in [0.25, 0.3) is 0 Å². The van der Waals surface area contributed by atoms with Gasteiger partial charge in [-0.2, -0.15) is 0 Å². The number of aromatic nitrogens is 2. The smallest absolute Gasteiger partial charge is 0.146 e. The van der Waals surface area contributed by atoms with Gasteiger partial charge in [0.15, 0.2) is 0 Å². The van der Waals surface area contributed by atoms with Crippen LogP contribution >= 0.6 is 15.9 Å². The standard InChI is InChI=1S/C12H19BrN4O/c1-8-2-4-12(18,5-3-8)6-15-11-9(13)10(14)16-7-17-11/h7-8,18H,2-6H2,1H3,(H3,14,15,16,17). The maximum absolute atomic E-state index is 10.5. The summed E-state index contributed by atoms with van der Waals surface area (Å²) >= 11 is 3.34. The van der Waals surface area contributed by atoms with Crippen molar-refractivity contribution in [2.24, 2.45) is 5.92 Å². The number of halogens is 1. The zero-order chi connectivity index (χ0) is 13.2. The molecule has 1 aromatic rings. The van der Waals surface area contributed by atoms with Gasteiger partial charge >= 0.3 is 0 Å². The number of nitrogens with zero attached hydrogens (tertiary/aromatic N) is 2. The highest BCUT2D eigenvalue weighted by Crippen LogP contribution is 2.32. The van der Waals surface area contributed by atoms with Gasteiger partial charge in [-0.15, -0.1) is 0 Å². The average molecular weight is 315 g/mol. The van der Waals surface area contributed by atoms with E-state index in [-0.39, 0.29) is 0 Å². The average Bonchev–Trinajstić information content (AvgIpc) is 2.35. The zero-order valence-corrected chi connectivity index (χ0v) is 12.1. The Morgan fingerprint density at radius 1 is 1.50 bits per heavy atom. The van der Waals surface area contributed by atoms with E-state index in [1.807, 2.05) is 0 Å². The van der Waals surface area contributed by atoms with Crippen LogP contribution in [0, 0.1) is 5.92 Å². The summed E-state index contributed by atoms with van der Waals surface area (Å²) in [6, 6.07) is 0. The maximum Gasteiger partial charge on any atom is 0.146 e. The summed E-state index contributed by atoms with van der Waals surface area (Å²) in [6.45, 7) is 2.73. The third kappa shape index (κ3) is 3.11. The topological polar surface area (TPSA) is 84.1 Å². The van der Waals surface area contributed by atoms with Gasteiger partial charge < -0.3 is 16.2 Å². The van der Waals surface area contributed by atoms with Gasteiger partial charge in [-0.05, 0) is 47.5 Å². The molecule has 0 spiro atoms. The van der Waals surface area contributed by atoms with Crippen LogP contribution in [0.1, 0.15) is 32.6 Å². The summed E-state index contributed by atoms with van der Waals surface area (Å²) in [4.78, 5) is 7.99. The molecule has 1 aliphatic rings. The molecule has 0 atom stereocenters. The Labute approximate surface area is 115 Å². The number of nitrogen functional groups attached to an aromatic ring is 1. The van der Waals surface area contributed by atoms with Crippen molar-refractivity contribution >= 4 is 27.6 Å². The van der Waals surface area contributed by atoms with Crippen LogP contribution in [-0.2, 0) is 0 Å². The Morgan fingerprint density at radius 2 is 2.17 bits per heavy atom. The Kier molecular flexibility index (Phi) is 4.07. The summed E-state index contributed by atoms with van der Waals surface area (Å²) < 4.78 is 0.651. The number of rotatable bonds is 3. The van der Waals surface area contributed by atoms with Gasteiger partial charge in [-0.3, -0.25) is 0 Å². The van der Waals surface area contributed by atoms with E-state index in [4.69, 9.17) is 5.73 Å². The first-order valence-electron chi connectivity index (χ1n) is 6.22. The third-order valence-electron chi connectivity index (χ3n) is 3.61. The Morgan fingerprint density at radius 3 is 2.83 bits per heavy atom. The Bertz CT molecular complexity index is 419. The number of hydrogen-bond donors (Lipinski definition) is 3.